The highest BCUT2D eigenvalue weighted by atomic mass is 35.5. The predicted molar refractivity (Wildman–Crippen MR) is 95.6 cm³/mol. The third kappa shape index (κ3) is 3.15. The maximum absolute atomic E-state index is 6.19. The summed E-state index contributed by atoms with van der Waals surface area (Å²) in [5.41, 5.74) is 9.50. The van der Waals surface area contributed by atoms with Gasteiger partial charge in [0.25, 0.3) is 0 Å². The highest BCUT2D eigenvalue weighted by Gasteiger charge is 2.14. The lowest BCUT2D eigenvalue weighted by Crippen LogP contribution is -2.26. The van der Waals surface area contributed by atoms with E-state index in [9.17, 15) is 0 Å². The Labute approximate surface area is 138 Å². The molecule has 2 heterocycles. The van der Waals surface area contributed by atoms with Crippen LogP contribution < -0.4 is 11.1 Å². The van der Waals surface area contributed by atoms with Gasteiger partial charge in [0.1, 0.15) is 0 Å². The van der Waals surface area contributed by atoms with E-state index in [1.54, 1.807) is 6.20 Å². The van der Waals surface area contributed by atoms with Crippen LogP contribution >= 0.6 is 22.9 Å². The summed E-state index contributed by atoms with van der Waals surface area (Å²) in [5.74, 6) is 0. The van der Waals surface area contributed by atoms with Crippen LogP contribution in [0.5, 0.6) is 0 Å². The number of benzene rings is 1. The molecule has 6 heteroatoms. The molecule has 0 aliphatic carbocycles. The van der Waals surface area contributed by atoms with Crippen molar-refractivity contribution < 1.29 is 0 Å². The summed E-state index contributed by atoms with van der Waals surface area (Å²) in [6.45, 7) is 6.26. The number of halogens is 1. The summed E-state index contributed by atoms with van der Waals surface area (Å²) < 4.78 is 1.07. The molecule has 0 bridgehead atoms. The van der Waals surface area contributed by atoms with Gasteiger partial charge in [-0.15, -0.1) is 0 Å². The standard InChI is InChI=1S/C16H17ClN4S/c1-16(2,3)21-12-6-10(8-19-14(12)17)9-4-5-11-13(7-9)22-15(18)20-11/h4-8,21H,1-3H3,(H2,18,20). The van der Waals surface area contributed by atoms with Crippen molar-refractivity contribution in [3.05, 3.63) is 35.6 Å². The smallest absolute Gasteiger partial charge is 0.181 e. The zero-order chi connectivity index (χ0) is 15.9. The van der Waals surface area contributed by atoms with Gasteiger partial charge in [0.2, 0.25) is 0 Å². The van der Waals surface area contributed by atoms with E-state index in [0.29, 0.717) is 10.3 Å². The highest BCUT2D eigenvalue weighted by Crippen LogP contribution is 2.32. The molecule has 3 rings (SSSR count). The third-order valence-electron chi connectivity index (χ3n) is 3.09. The molecule has 0 aliphatic heterocycles. The van der Waals surface area contributed by atoms with Gasteiger partial charge >= 0.3 is 0 Å². The molecule has 4 nitrogen and oxygen atoms in total. The molecule has 0 fully saturated rings. The molecule has 22 heavy (non-hydrogen) atoms. The number of thiazole rings is 1. The van der Waals surface area contributed by atoms with Gasteiger partial charge in [0.05, 0.1) is 15.9 Å². The minimum absolute atomic E-state index is 0.0833. The zero-order valence-corrected chi connectivity index (χ0v) is 14.2. The summed E-state index contributed by atoms with van der Waals surface area (Å²) in [6, 6.07) is 8.09. The van der Waals surface area contributed by atoms with Crippen molar-refractivity contribution in [1.29, 1.82) is 0 Å². The van der Waals surface area contributed by atoms with Crippen molar-refractivity contribution >= 4 is 44.0 Å². The minimum atomic E-state index is -0.0833. The van der Waals surface area contributed by atoms with Gasteiger partial charge in [0.15, 0.2) is 10.3 Å². The average molecular weight is 333 g/mol. The van der Waals surface area contributed by atoms with E-state index in [1.165, 1.54) is 11.3 Å². The lowest BCUT2D eigenvalue weighted by atomic mass is 10.1. The number of nitrogens with one attached hydrogen (secondary N) is 1. The number of anilines is 2. The van der Waals surface area contributed by atoms with Crippen LogP contribution in [0.15, 0.2) is 30.5 Å². The van der Waals surface area contributed by atoms with E-state index in [2.05, 4.69) is 42.1 Å². The summed E-state index contributed by atoms with van der Waals surface area (Å²) in [4.78, 5) is 8.57. The fraction of sp³-hybridized carbons (Fsp3) is 0.250. The molecule has 0 atom stereocenters. The Hall–Kier alpha value is -1.85. The Kier molecular flexibility index (Phi) is 3.70. The first-order valence-corrected chi connectivity index (χ1v) is 8.11. The number of aromatic nitrogens is 2. The van der Waals surface area contributed by atoms with Crippen molar-refractivity contribution in [3.63, 3.8) is 0 Å². The molecule has 0 amide bonds. The predicted octanol–water partition coefficient (Wildman–Crippen LogP) is 4.80. The molecule has 0 unspecified atom stereocenters. The van der Waals surface area contributed by atoms with Crippen LogP contribution in [0.4, 0.5) is 10.8 Å². The zero-order valence-electron chi connectivity index (χ0n) is 12.6. The summed E-state index contributed by atoms with van der Waals surface area (Å²) in [5, 5.41) is 4.43. The van der Waals surface area contributed by atoms with Gasteiger partial charge < -0.3 is 11.1 Å². The van der Waals surface area contributed by atoms with E-state index in [1.807, 2.05) is 18.2 Å². The largest absolute Gasteiger partial charge is 0.378 e. The van der Waals surface area contributed by atoms with Gasteiger partial charge in [0, 0.05) is 17.3 Å². The van der Waals surface area contributed by atoms with Gasteiger partial charge in [-0.25, -0.2) is 9.97 Å². The maximum atomic E-state index is 6.19. The van der Waals surface area contributed by atoms with Crippen molar-refractivity contribution in [2.75, 3.05) is 11.1 Å². The quantitative estimate of drug-likeness (QED) is 0.661. The van der Waals surface area contributed by atoms with Crippen LogP contribution in [-0.4, -0.2) is 15.5 Å². The van der Waals surface area contributed by atoms with Crippen LogP contribution in [0.2, 0.25) is 5.15 Å². The van der Waals surface area contributed by atoms with Crippen molar-refractivity contribution in [1.82, 2.24) is 9.97 Å². The summed E-state index contributed by atoms with van der Waals surface area (Å²) in [6.07, 6.45) is 1.78. The monoisotopic (exact) mass is 332 g/mol. The SMILES string of the molecule is CC(C)(C)Nc1cc(-c2ccc3nc(N)sc3c2)cnc1Cl. The highest BCUT2D eigenvalue weighted by molar-refractivity contribution is 7.22. The molecule has 2 aromatic heterocycles. The Bertz CT molecular complexity index is 836. The molecule has 3 aromatic rings. The topological polar surface area (TPSA) is 63.8 Å². The van der Waals surface area contributed by atoms with Crippen LogP contribution in [0.3, 0.4) is 0 Å². The Morgan fingerprint density at radius 2 is 1.95 bits per heavy atom. The number of pyridine rings is 1. The second-order valence-electron chi connectivity index (χ2n) is 6.17. The Morgan fingerprint density at radius 3 is 2.68 bits per heavy atom. The number of nitrogens with two attached hydrogens (primary N) is 1. The maximum Gasteiger partial charge on any atom is 0.181 e. The van der Waals surface area contributed by atoms with E-state index < -0.39 is 0 Å². The molecule has 114 valence electrons. The fourth-order valence-electron chi connectivity index (χ4n) is 2.22. The first-order chi connectivity index (χ1) is 10.3. The van der Waals surface area contributed by atoms with Crippen LogP contribution in [0, 0.1) is 0 Å². The van der Waals surface area contributed by atoms with Crippen molar-refractivity contribution in [2.24, 2.45) is 0 Å². The van der Waals surface area contributed by atoms with Crippen LogP contribution in [-0.2, 0) is 0 Å². The summed E-state index contributed by atoms with van der Waals surface area (Å²) >= 11 is 7.67. The lowest BCUT2D eigenvalue weighted by molar-refractivity contribution is 0.633. The molecule has 0 saturated carbocycles. The first kappa shape index (κ1) is 15.1. The molecule has 1 aromatic carbocycles. The Morgan fingerprint density at radius 1 is 1.18 bits per heavy atom. The van der Waals surface area contributed by atoms with Crippen molar-refractivity contribution in [2.45, 2.75) is 26.3 Å². The van der Waals surface area contributed by atoms with Crippen LogP contribution in [0.25, 0.3) is 21.3 Å². The number of nitrogen functional groups attached to an aromatic ring is 1. The van der Waals surface area contributed by atoms with Gasteiger partial charge in [-0.1, -0.05) is 29.0 Å². The molecule has 0 aliphatic rings. The molecule has 0 spiro atoms. The normalized spacial score (nSPS) is 11.8. The van der Waals surface area contributed by atoms with Gasteiger partial charge in [-0.3, -0.25) is 0 Å². The van der Waals surface area contributed by atoms with E-state index in [0.717, 1.165) is 27.0 Å². The number of nitrogens with zero attached hydrogens (tertiary/aromatic N) is 2. The third-order valence-corrected chi connectivity index (χ3v) is 4.24. The minimum Gasteiger partial charge on any atom is -0.378 e. The molecular weight excluding hydrogens is 316 g/mol. The number of hydrogen-bond donors (Lipinski definition) is 2. The van der Waals surface area contributed by atoms with Gasteiger partial charge in [-0.05, 0) is 44.5 Å². The Balaban J connectivity index is 2.04. The number of rotatable bonds is 2. The van der Waals surface area contributed by atoms with Gasteiger partial charge in [-0.2, -0.15) is 0 Å². The average Bonchev–Trinajstić information content (AvgIpc) is 2.78. The molecular formula is C16H17ClN4S. The second kappa shape index (κ2) is 5.41. The number of fused-ring (bicyclic) bond motifs is 1. The lowest BCUT2D eigenvalue weighted by Gasteiger charge is -2.23. The van der Waals surface area contributed by atoms with E-state index in [-0.39, 0.29) is 5.54 Å². The van der Waals surface area contributed by atoms with Crippen LogP contribution in [0.1, 0.15) is 20.8 Å². The van der Waals surface area contributed by atoms with Crippen molar-refractivity contribution in [3.8, 4) is 11.1 Å². The first-order valence-electron chi connectivity index (χ1n) is 6.92. The second-order valence-corrected chi connectivity index (χ2v) is 7.59. The molecule has 0 saturated heterocycles. The molecule has 0 radical (unpaired) electrons. The fourth-order valence-corrected chi connectivity index (χ4v) is 3.14. The number of hydrogen-bond acceptors (Lipinski definition) is 5. The molecule has 3 N–H and O–H groups in total. The van der Waals surface area contributed by atoms with E-state index >= 15 is 0 Å². The summed E-state index contributed by atoms with van der Waals surface area (Å²) in [7, 11) is 0. The van der Waals surface area contributed by atoms with E-state index in [4.69, 9.17) is 17.3 Å².